The van der Waals surface area contributed by atoms with Gasteiger partial charge >= 0.3 is 0 Å². The molecule has 1 unspecified atom stereocenters. The number of amides is 1. The van der Waals surface area contributed by atoms with Crippen LogP contribution in [0.15, 0.2) is 24.3 Å². The zero-order chi connectivity index (χ0) is 18.8. The molecule has 0 saturated carbocycles. The summed E-state index contributed by atoms with van der Waals surface area (Å²) < 4.78 is 13.1. The highest BCUT2D eigenvalue weighted by Gasteiger charge is 2.25. The fourth-order valence-corrected chi connectivity index (χ4v) is 4.01. The molecule has 2 aromatic rings. The molecule has 4 rings (SSSR count). The molecule has 0 spiro atoms. The second-order valence-corrected chi connectivity index (χ2v) is 7.35. The van der Waals surface area contributed by atoms with Crippen molar-refractivity contribution < 1.29 is 9.18 Å². The van der Waals surface area contributed by atoms with Crippen molar-refractivity contribution in [3.05, 3.63) is 47.0 Å². The van der Waals surface area contributed by atoms with Crippen LogP contribution in [0.4, 0.5) is 16.0 Å². The molecule has 1 fully saturated rings. The highest BCUT2D eigenvalue weighted by Crippen LogP contribution is 2.25. The first-order chi connectivity index (χ1) is 13.1. The molecule has 7 heteroatoms. The van der Waals surface area contributed by atoms with Gasteiger partial charge in [0.2, 0.25) is 5.95 Å². The first-order valence-electron chi connectivity index (χ1n) is 9.54. The minimum Gasteiger partial charge on any atom is -0.371 e. The van der Waals surface area contributed by atoms with E-state index in [4.69, 9.17) is 5.73 Å². The number of carbonyl (C=O) groups excluding carboxylic acids is 1. The Morgan fingerprint density at radius 1 is 1.22 bits per heavy atom. The molecule has 1 aromatic carbocycles. The zero-order valence-electron chi connectivity index (χ0n) is 15.2. The molecule has 142 valence electrons. The van der Waals surface area contributed by atoms with Crippen LogP contribution >= 0.6 is 0 Å². The van der Waals surface area contributed by atoms with Gasteiger partial charge in [0, 0.05) is 36.6 Å². The van der Waals surface area contributed by atoms with Crippen molar-refractivity contribution >= 4 is 17.5 Å². The zero-order valence-corrected chi connectivity index (χ0v) is 15.2. The fraction of sp³-hybridized carbons (Fsp3) is 0.450. The van der Waals surface area contributed by atoms with Gasteiger partial charge in [-0.3, -0.25) is 4.79 Å². The van der Waals surface area contributed by atoms with Gasteiger partial charge in [-0.25, -0.2) is 14.4 Å². The van der Waals surface area contributed by atoms with Crippen molar-refractivity contribution in [1.29, 1.82) is 0 Å². The van der Waals surface area contributed by atoms with E-state index < -0.39 is 0 Å². The standard InChI is InChI=1S/C20H24FN5O/c21-14-5-7-15(8-6-14)26-10-9-13(12-26)11-23-19(27)18-16-3-1-2-4-17(16)24-20(22)25-18/h5-8,13H,1-4,9-12H2,(H,23,27)(H2,22,24,25). The summed E-state index contributed by atoms with van der Waals surface area (Å²) in [5.74, 6) is 0.134. The van der Waals surface area contributed by atoms with Crippen LogP contribution in [-0.4, -0.2) is 35.5 Å². The highest BCUT2D eigenvalue weighted by atomic mass is 19.1. The van der Waals surface area contributed by atoms with Crippen molar-refractivity contribution in [2.45, 2.75) is 32.1 Å². The van der Waals surface area contributed by atoms with Crippen LogP contribution in [0.3, 0.4) is 0 Å². The smallest absolute Gasteiger partial charge is 0.270 e. The van der Waals surface area contributed by atoms with Gasteiger partial charge in [-0.05, 0) is 62.3 Å². The number of benzene rings is 1. The maximum atomic E-state index is 13.1. The van der Waals surface area contributed by atoms with Gasteiger partial charge in [0.05, 0.1) is 0 Å². The van der Waals surface area contributed by atoms with Crippen LogP contribution in [0.25, 0.3) is 0 Å². The summed E-state index contributed by atoms with van der Waals surface area (Å²) in [6.45, 7) is 2.34. The topological polar surface area (TPSA) is 84.1 Å². The highest BCUT2D eigenvalue weighted by molar-refractivity contribution is 5.94. The SMILES string of the molecule is Nc1nc2c(c(C(=O)NCC3CCN(c4ccc(F)cc4)C3)n1)CCCC2. The predicted molar refractivity (Wildman–Crippen MR) is 102 cm³/mol. The van der Waals surface area contributed by atoms with Gasteiger partial charge < -0.3 is 16.0 Å². The Morgan fingerprint density at radius 2 is 2.00 bits per heavy atom. The molecule has 0 bridgehead atoms. The summed E-state index contributed by atoms with van der Waals surface area (Å²) in [4.78, 5) is 23.4. The first kappa shape index (κ1) is 17.7. The summed E-state index contributed by atoms with van der Waals surface area (Å²) in [7, 11) is 0. The second-order valence-electron chi connectivity index (χ2n) is 7.35. The van der Waals surface area contributed by atoms with Crippen molar-refractivity contribution in [2.24, 2.45) is 5.92 Å². The van der Waals surface area contributed by atoms with Gasteiger partial charge in [0.1, 0.15) is 11.5 Å². The quantitative estimate of drug-likeness (QED) is 0.864. The largest absolute Gasteiger partial charge is 0.371 e. The van der Waals surface area contributed by atoms with Gasteiger partial charge in [-0.15, -0.1) is 0 Å². The van der Waals surface area contributed by atoms with Crippen LogP contribution in [0.2, 0.25) is 0 Å². The molecular weight excluding hydrogens is 345 g/mol. The van der Waals surface area contributed by atoms with Crippen molar-refractivity contribution in [3.8, 4) is 0 Å². The van der Waals surface area contributed by atoms with Gasteiger partial charge in [0.25, 0.3) is 5.91 Å². The van der Waals surface area contributed by atoms with Gasteiger partial charge in [-0.2, -0.15) is 0 Å². The Labute approximate surface area is 158 Å². The predicted octanol–water partition coefficient (Wildman–Crippen LogP) is 2.33. The van der Waals surface area contributed by atoms with E-state index in [1.165, 1.54) is 12.1 Å². The molecule has 1 aliphatic heterocycles. The lowest BCUT2D eigenvalue weighted by atomic mass is 9.94. The van der Waals surface area contributed by atoms with Crippen molar-refractivity contribution in [2.75, 3.05) is 30.3 Å². The number of aryl methyl sites for hydroxylation is 1. The van der Waals surface area contributed by atoms with Crippen molar-refractivity contribution in [3.63, 3.8) is 0 Å². The molecule has 1 saturated heterocycles. The lowest BCUT2D eigenvalue weighted by molar-refractivity contribution is 0.0941. The Balaban J connectivity index is 1.38. The average Bonchev–Trinajstić information content (AvgIpc) is 3.15. The number of aromatic nitrogens is 2. The maximum Gasteiger partial charge on any atom is 0.270 e. The monoisotopic (exact) mass is 369 g/mol. The molecule has 27 heavy (non-hydrogen) atoms. The molecule has 1 aliphatic carbocycles. The number of halogens is 1. The molecule has 2 aliphatic rings. The minimum atomic E-state index is -0.228. The number of carbonyl (C=O) groups is 1. The Kier molecular flexibility index (Phi) is 4.92. The van der Waals surface area contributed by atoms with Crippen molar-refractivity contribution in [1.82, 2.24) is 15.3 Å². The molecule has 3 N–H and O–H groups in total. The third kappa shape index (κ3) is 3.86. The van der Waals surface area contributed by atoms with E-state index in [1.54, 1.807) is 12.1 Å². The maximum absolute atomic E-state index is 13.1. The van der Waals surface area contributed by atoms with Crippen LogP contribution in [-0.2, 0) is 12.8 Å². The van der Waals surface area contributed by atoms with E-state index in [-0.39, 0.29) is 17.7 Å². The number of nitrogens with two attached hydrogens (primary N) is 1. The number of rotatable bonds is 4. The molecule has 2 heterocycles. The summed E-state index contributed by atoms with van der Waals surface area (Å²) in [5.41, 5.74) is 9.12. The molecule has 1 atom stereocenters. The summed E-state index contributed by atoms with van der Waals surface area (Å²) >= 11 is 0. The third-order valence-electron chi connectivity index (χ3n) is 5.44. The van der Waals surface area contributed by atoms with E-state index in [2.05, 4.69) is 20.2 Å². The number of hydrogen-bond donors (Lipinski definition) is 2. The number of anilines is 2. The van der Waals surface area contributed by atoms with Gasteiger partial charge in [0.15, 0.2) is 0 Å². The third-order valence-corrected chi connectivity index (χ3v) is 5.44. The molecule has 0 radical (unpaired) electrons. The van der Waals surface area contributed by atoms with Crippen LogP contribution < -0.4 is 16.0 Å². The van der Waals surface area contributed by atoms with Crippen LogP contribution in [0.5, 0.6) is 0 Å². The number of hydrogen-bond acceptors (Lipinski definition) is 5. The normalized spacial score (nSPS) is 19.0. The van der Waals surface area contributed by atoms with Gasteiger partial charge in [-0.1, -0.05) is 0 Å². The van der Waals surface area contributed by atoms with Crippen LogP contribution in [0.1, 0.15) is 41.0 Å². The lowest BCUT2D eigenvalue weighted by Crippen LogP contribution is -2.33. The first-order valence-corrected chi connectivity index (χ1v) is 9.54. The molecular formula is C20H24FN5O. The van der Waals surface area contributed by atoms with E-state index in [1.807, 2.05) is 0 Å². The number of nitrogens with one attached hydrogen (secondary N) is 1. The summed E-state index contributed by atoms with van der Waals surface area (Å²) in [6, 6.07) is 6.55. The summed E-state index contributed by atoms with van der Waals surface area (Å²) in [5, 5.41) is 3.03. The number of nitrogen functional groups attached to an aromatic ring is 1. The fourth-order valence-electron chi connectivity index (χ4n) is 4.01. The summed E-state index contributed by atoms with van der Waals surface area (Å²) in [6.07, 6.45) is 4.81. The molecule has 1 aromatic heterocycles. The Morgan fingerprint density at radius 3 is 2.81 bits per heavy atom. The average molecular weight is 369 g/mol. The molecule has 6 nitrogen and oxygen atoms in total. The van der Waals surface area contributed by atoms with Crippen LogP contribution in [0, 0.1) is 11.7 Å². The lowest BCUT2D eigenvalue weighted by Gasteiger charge is -2.20. The number of fused-ring (bicyclic) bond motifs is 1. The van der Waals surface area contributed by atoms with E-state index >= 15 is 0 Å². The van der Waals surface area contributed by atoms with E-state index in [0.29, 0.717) is 18.2 Å². The number of nitrogens with zero attached hydrogens (tertiary/aromatic N) is 3. The second kappa shape index (κ2) is 7.50. The Bertz CT molecular complexity index is 839. The van der Waals surface area contributed by atoms with E-state index in [0.717, 1.165) is 62.1 Å². The minimum absolute atomic E-state index is 0.164. The molecule has 1 amide bonds. The Hall–Kier alpha value is -2.70. The van der Waals surface area contributed by atoms with E-state index in [9.17, 15) is 9.18 Å².